The third-order valence-electron chi connectivity index (χ3n) is 4.17. The van der Waals surface area contributed by atoms with E-state index in [1.54, 1.807) is 22.7 Å². The molecule has 4 rings (SSSR count). The van der Waals surface area contributed by atoms with Crippen molar-refractivity contribution >= 4 is 52.0 Å². The fourth-order valence-electron chi connectivity index (χ4n) is 2.72. The van der Waals surface area contributed by atoms with Crippen molar-refractivity contribution in [2.75, 3.05) is 0 Å². The zero-order valence-electron chi connectivity index (χ0n) is 15.1. The van der Waals surface area contributed by atoms with Crippen LogP contribution in [0.4, 0.5) is 0 Å². The molecule has 1 saturated heterocycles. The minimum Gasteiger partial charge on any atom is -0.450 e. The van der Waals surface area contributed by atoms with Crippen LogP contribution in [0, 0.1) is 6.92 Å². The SMILES string of the molecule is Cc1ccc(Sc2ccc(/C=C3\SC(=S)N(Cc4ccccc4)C3=O)o2)cc1. The van der Waals surface area contributed by atoms with Gasteiger partial charge in [-0.15, -0.1) is 0 Å². The first-order chi connectivity index (χ1) is 13.6. The summed E-state index contributed by atoms with van der Waals surface area (Å²) in [6.45, 7) is 2.54. The Kier molecular flexibility index (Phi) is 5.71. The Morgan fingerprint density at radius 3 is 2.57 bits per heavy atom. The van der Waals surface area contributed by atoms with Crippen LogP contribution in [0.15, 0.2) is 86.0 Å². The predicted molar refractivity (Wildman–Crippen MR) is 119 cm³/mol. The van der Waals surface area contributed by atoms with Gasteiger partial charge in [0, 0.05) is 11.0 Å². The Morgan fingerprint density at radius 2 is 1.82 bits per heavy atom. The summed E-state index contributed by atoms with van der Waals surface area (Å²) in [4.78, 5) is 16.1. The molecule has 2 aromatic carbocycles. The molecule has 0 atom stereocenters. The van der Waals surface area contributed by atoms with Crippen LogP contribution in [-0.4, -0.2) is 15.1 Å². The number of carbonyl (C=O) groups excluding carboxylic acids is 1. The largest absolute Gasteiger partial charge is 0.450 e. The molecule has 0 saturated carbocycles. The van der Waals surface area contributed by atoms with Gasteiger partial charge in [-0.2, -0.15) is 0 Å². The number of amides is 1. The summed E-state index contributed by atoms with van der Waals surface area (Å²) < 4.78 is 6.45. The number of thioether (sulfide) groups is 1. The standard InChI is InChI=1S/C22H17NO2S3/c1-15-7-10-18(11-8-15)27-20-12-9-17(25-20)13-19-21(24)23(22(26)28-19)14-16-5-3-2-4-6-16/h2-13H,14H2,1H3/b19-13-. The number of thiocarbonyl (C=S) groups is 1. The van der Waals surface area contributed by atoms with E-state index in [0.717, 1.165) is 15.6 Å². The third kappa shape index (κ3) is 4.41. The van der Waals surface area contributed by atoms with E-state index in [1.165, 1.54) is 17.3 Å². The van der Waals surface area contributed by atoms with Crippen molar-refractivity contribution in [1.29, 1.82) is 0 Å². The third-order valence-corrected chi connectivity index (χ3v) is 6.48. The quantitative estimate of drug-likeness (QED) is 0.364. The maximum atomic E-state index is 12.8. The minimum atomic E-state index is -0.0806. The molecule has 0 radical (unpaired) electrons. The molecule has 140 valence electrons. The highest BCUT2D eigenvalue weighted by molar-refractivity contribution is 8.26. The number of rotatable bonds is 5. The van der Waals surface area contributed by atoms with E-state index in [-0.39, 0.29) is 5.91 Å². The number of hydrogen-bond acceptors (Lipinski definition) is 5. The van der Waals surface area contributed by atoms with Gasteiger partial charge >= 0.3 is 0 Å². The van der Waals surface area contributed by atoms with Gasteiger partial charge in [-0.25, -0.2) is 0 Å². The highest BCUT2D eigenvalue weighted by Crippen LogP contribution is 2.35. The number of carbonyl (C=O) groups is 1. The lowest BCUT2D eigenvalue weighted by Crippen LogP contribution is -2.27. The zero-order valence-corrected chi connectivity index (χ0v) is 17.6. The second-order valence-electron chi connectivity index (χ2n) is 6.33. The van der Waals surface area contributed by atoms with E-state index in [0.29, 0.717) is 21.5 Å². The molecule has 3 nitrogen and oxygen atoms in total. The first-order valence-corrected chi connectivity index (χ1v) is 10.8. The molecule has 6 heteroatoms. The molecule has 1 fully saturated rings. The summed E-state index contributed by atoms with van der Waals surface area (Å²) in [6, 6.07) is 21.9. The molecule has 1 amide bonds. The summed E-state index contributed by atoms with van der Waals surface area (Å²) >= 11 is 8.27. The number of furan rings is 1. The summed E-state index contributed by atoms with van der Waals surface area (Å²) in [7, 11) is 0. The summed E-state index contributed by atoms with van der Waals surface area (Å²) in [5.74, 6) is 0.567. The molecule has 0 N–H and O–H groups in total. The van der Waals surface area contributed by atoms with Crippen molar-refractivity contribution < 1.29 is 9.21 Å². The normalized spacial score (nSPS) is 15.6. The second-order valence-corrected chi connectivity index (χ2v) is 9.08. The van der Waals surface area contributed by atoms with E-state index < -0.39 is 0 Å². The summed E-state index contributed by atoms with van der Waals surface area (Å²) in [6.07, 6.45) is 1.77. The van der Waals surface area contributed by atoms with Crippen LogP contribution in [0.3, 0.4) is 0 Å². The highest BCUT2D eigenvalue weighted by Gasteiger charge is 2.32. The van der Waals surface area contributed by atoms with E-state index in [9.17, 15) is 4.79 Å². The van der Waals surface area contributed by atoms with E-state index in [1.807, 2.05) is 42.5 Å². The van der Waals surface area contributed by atoms with E-state index in [4.69, 9.17) is 16.6 Å². The number of hydrogen-bond donors (Lipinski definition) is 0. The van der Waals surface area contributed by atoms with Gasteiger partial charge in [-0.05, 0) is 36.8 Å². The lowest BCUT2D eigenvalue weighted by Gasteiger charge is -2.14. The topological polar surface area (TPSA) is 33.5 Å². The number of nitrogens with zero attached hydrogens (tertiary/aromatic N) is 1. The van der Waals surface area contributed by atoms with Crippen LogP contribution in [-0.2, 0) is 11.3 Å². The van der Waals surface area contributed by atoms with Crippen molar-refractivity contribution in [2.24, 2.45) is 0 Å². The zero-order chi connectivity index (χ0) is 19.5. The van der Waals surface area contributed by atoms with E-state index in [2.05, 4.69) is 31.2 Å². The van der Waals surface area contributed by atoms with Gasteiger partial charge in [0.2, 0.25) is 0 Å². The molecule has 0 aliphatic carbocycles. The fourth-order valence-corrected chi connectivity index (χ4v) is 4.73. The fraction of sp³-hybridized carbons (Fsp3) is 0.0909. The van der Waals surface area contributed by atoms with Crippen molar-refractivity contribution in [3.63, 3.8) is 0 Å². The van der Waals surface area contributed by atoms with Gasteiger partial charge in [0.25, 0.3) is 5.91 Å². The molecular formula is C22H17NO2S3. The van der Waals surface area contributed by atoms with Crippen LogP contribution in [0.5, 0.6) is 0 Å². The van der Waals surface area contributed by atoms with Gasteiger partial charge in [0.15, 0.2) is 5.09 Å². The molecule has 1 aliphatic rings. The average Bonchev–Trinajstić information content (AvgIpc) is 3.24. The van der Waals surface area contributed by atoms with Crippen LogP contribution in [0.1, 0.15) is 16.9 Å². The van der Waals surface area contributed by atoms with Crippen molar-refractivity contribution in [3.05, 3.63) is 88.5 Å². The van der Waals surface area contributed by atoms with Gasteiger partial charge in [0.05, 0.1) is 11.4 Å². The van der Waals surface area contributed by atoms with Gasteiger partial charge in [0.1, 0.15) is 10.1 Å². The average molecular weight is 424 g/mol. The molecule has 3 aromatic rings. The second kappa shape index (κ2) is 8.39. The first kappa shape index (κ1) is 19.1. The summed E-state index contributed by atoms with van der Waals surface area (Å²) in [5, 5.41) is 0.787. The van der Waals surface area contributed by atoms with Crippen LogP contribution in [0.2, 0.25) is 0 Å². The molecule has 0 bridgehead atoms. The monoisotopic (exact) mass is 423 g/mol. The van der Waals surface area contributed by atoms with Crippen LogP contribution in [0.25, 0.3) is 6.08 Å². The van der Waals surface area contributed by atoms with Gasteiger partial charge in [-0.1, -0.05) is 83.8 Å². The van der Waals surface area contributed by atoms with Crippen molar-refractivity contribution in [3.8, 4) is 0 Å². The minimum absolute atomic E-state index is 0.0806. The predicted octanol–water partition coefficient (Wildman–Crippen LogP) is 6.14. The molecular weight excluding hydrogens is 406 g/mol. The van der Waals surface area contributed by atoms with Crippen LogP contribution >= 0.6 is 35.7 Å². The first-order valence-electron chi connectivity index (χ1n) is 8.72. The smallest absolute Gasteiger partial charge is 0.266 e. The Morgan fingerprint density at radius 1 is 1.07 bits per heavy atom. The lowest BCUT2D eigenvalue weighted by molar-refractivity contribution is -0.122. The van der Waals surface area contributed by atoms with Gasteiger partial charge in [-0.3, -0.25) is 9.69 Å². The van der Waals surface area contributed by atoms with E-state index >= 15 is 0 Å². The highest BCUT2D eigenvalue weighted by atomic mass is 32.2. The molecule has 2 heterocycles. The number of aryl methyl sites for hydroxylation is 1. The summed E-state index contributed by atoms with van der Waals surface area (Å²) in [5.41, 5.74) is 2.27. The Bertz CT molecular complexity index is 1040. The Hall–Kier alpha value is -2.28. The van der Waals surface area contributed by atoms with Gasteiger partial charge < -0.3 is 4.42 Å². The maximum Gasteiger partial charge on any atom is 0.266 e. The van der Waals surface area contributed by atoms with Crippen molar-refractivity contribution in [1.82, 2.24) is 4.90 Å². The van der Waals surface area contributed by atoms with Crippen molar-refractivity contribution in [2.45, 2.75) is 23.5 Å². The molecule has 0 spiro atoms. The van der Waals surface area contributed by atoms with Crippen LogP contribution < -0.4 is 0 Å². The lowest BCUT2D eigenvalue weighted by atomic mass is 10.2. The molecule has 1 aromatic heterocycles. The Balaban J connectivity index is 1.47. The molecule has 0 unspecified atom stereocenters. The Labute approximate surface area is 177 Å². The molecule has 1 aliphatic heterocycles. The number of benzene rings is 2. The maximum absolute atomic E-state index is 12.8. The molecule has 28 heavy (non-hydrogen) atoms.